The standard InChI is InChI=1S/C8H13O2P/c1-3-5-7-8(6-4-2)11(9)10/h3,5-7,9-10H,1,4H2,2H3/b7-5-,8-6+. The highest BCUT2D eigenvalue weighted by atomic mass is 31.2. The monoisotopic (exact) mass is 172 g/mol. The lowest BCUT2D eigenvalue weighted by atomic mass is 10.4. The second-order valence-electron chi connectivity index (χ2n) is 1.92. The van der Waals surface area contributed by atoms with Crippen molar-refractivity contribution in [1.29, 1.82) is 0 Å². The van der Waals surface area contributed by atoms with Crippen LogP contribution < -0.4 is 0 Å². The van der Waals surface area contributed by atoms with Gasteiger partial charge in [-0.05, 0) is 6.42 Å². The number of allylic oxidation sites excluding steroid dienone is 5. The van der Waals surface area contributed by atoms with Crippen LogP contribution in [0, 0.1) is 0 Å². The Morgan fingerprint density at radius 3 is 2.55 bits per heavy atom. The summed E-state index contributed by atoms with van der Waals surface area (Å²) >= 11 is 0. The van der Waals surface area contributed by atoms with Crippen molar-refractivity contribution in [1.82, 2.24) is 0 Å². The Bertz CT molecular complexity index is 171. The van der Waals surface area contributed by atoms with E-state index >= 15 is 0 Å². The number of rotatable bonds is 4. The topological polar surface area (TPSA) is 40.5 Å². The molecule has 0 aromatic rings. The molecule has 11 heavy (non-hydrogen) atoms. The summed E-state index contributed by atoms with van der Waals surface area (Å²) in [6, 6.07) is 0. The maximum Gasteiger partial charge on any atom is 0.199 e. The first kappa shape index (κ1) is 10.6. The van der Waals surface area contributed by atoms with Gasteiger partial charge < -0.3 is 9.79 Å². The first-order valence-electron chi connectivity index (χ1n) is 3.39. The summed E-state index contributed by atoms with van der Waals surface area (Å²) in [7, 11) is -1.95. The second-order valence-corrected chi connectivity index (χ2v) is 3.02. The van der Waals surface area contributed by atoms with Gasteiger partial charge in [-0.25, -0.2) is 0 Å². The smallest absolute Gasteiger partial charge is 0.199 e. The molecule has 0 aliphatic heterocycles. The van der Waals surface area contributed by atoms with Crippen LogP contribution in [-0.2, 0) is 0 Å². The van der Waals surface area contributed by atoms with E-state index in [-0.39, 0.29) is 0 Å². The molecular weight excluding hydrogens is 159 g/mol. The van der Waals surface area contributed by atoms with E-state index in [4.69, 9.17) is 9.79 Å². The van der Waals surface area contributed by atoms with Gasteiger partial charge in [-0.2, -0.15) is 0 Å². The molecule has 2 nitrogen and oxygen atoms in total. The van der Waals surface area contributed by atoms with Crippen LogP contribution in [0.5, 0.6) is 0 Å². The van der Waals surface area contributed by atoms with Gasteiger partial charge in [-0.1, -0.05) is 37.8 Å². The van der Waals surface area contributed by atoms with Crippen LogP contribution in [0.1, 0.15) is 13.3 Å². The number of hydrogen-bond acceptors (Lipinski definition) is 2. The molecule has 0 bridgehead atoms. The molecule has 0 radical (unpaired) electrons. The van der Waals surface area contributed by atoms with E-state index in [1.165, 1.54) is 0 Å². The molecule has 0 unspecified atom stereocenters. The lowest BCUT2D eigenvalue weighted by Crippen LogP contribution is -1.74. The van der Waals surface area contributed by atoms with Crippen LogP contribution in [0.15, 0.2) is 36.2 Å². The normalized spacial score (nSPS) is 12.9. The molecule has 0 aromatic carbocycles. The highest BCUT2D eigenvalue weighted by molar-refractivity contribution is 7.50. The molecule has 62 valence electrons. The van der Waals surface area contributed by atoms with E-state index in [1.54, 1.807) is 24.3 Å². The SMILES string of the molecule is C=C/C=C\C(=C/CC)P(O)O. The molecule has 0 amide bonds. The largest absolute Gasteiger partial charge is 0.347 e. The van der Waals surface area contributed by atoms with Gasteiger partial charge in [0, 0.05) is 5.31 Å². The molecule has 0 rings (SSSR count). The molecule has 0 heterocycles. The van der Waals surface area contributed by atoms with Crippen molar-refractivity contribution in [2.75, 3.05) is 0 Å². The number of hydrogen-bond donors (Lipinski definition) is 2. The molecular formula is C8H13O2P. The van der Waals surface area contributed by atoms with Crippen molar-refractivity contribution >= 4 is 8.38 Å². The molecule has 3 heteroatoms. The predicted octanol–water partition coefficient (Wildman–Crippen LogP) is 2.32. The van der Waals surface area contributed by atoms with Gasteiger partial charge in [-0.15, -0.1) is 0 Å². The third-order valence-corrected chi connectivity index (χ3v) is 1.84. The minimum atomic E-state index is -1.95. The van der Waals surface area contributed by atoms with Crippen molar-refractivity contribution < 1.29 is 9.79 Å². The van der Waals surface area contributed by atoms with Gasteiger partial charge in [0.05, 0.1) is 0 Å². The summed E-state index contributed by atoms with van der Waals surface area (Å²) in [5, 5.41) is 0.572. The summed E-state index contributed by atoms with van der Waals surface area (Å²) in [5.41, 5.74) is 0. The maximum absolute atomic E-state index is 8.84. The van der Waals surface area contributed by atoms with Gasteiger partial charge in [0.25, 0.3) is 0 Å². The maximum atomic E-state index is 8.84. The van der Waals surface area contributed by atoms with Crippen LogP contribution >= 0.6 is 8.38 Å². The summed E-state index contributed by atoms with van der Waals surface area (Å²) < 4.78 is 0. The van der Waals surface area contributed by atoms with Crippen molar-refractivity contribution in [2.24, 2.45) is 0 Å². The predicted molar refractivity (Wildman–Crippen MR) is 49.1 cm³/mol. The Morgan fingerprint density at radius 2 is 2.18 bits per heavy atom. The molecule has 0 aliphatic carbocycles. The van der Waals surface area contributed by atoms with Crippen LogP contribution in [0.25, 0.3) is 0 Å². The Labute approximate surface area is 68.5 Å². The van der Waals surface area contributed by atoms with Gasteiger partial charge in [0.2, 0.25) is 0 Å². The molecule has 0 saturated heterocycles. The van der Waals surface area contributed by atoms with Crippen molar-refractivity contribution in [2.45, 2.75) is 13.3 Å². The van der Waals surface area contributed by atoms with E-state index < -0.39 is 8.38 Å². The first-order valence-corrected chi connectivity index (χ1v) is 4.64. The average Bonchev–Trinajstić information content (AvgIpc) is 1.97. The van der Waals surface area contributed by atoms with Crippen LogP contribution in [0.2, 0.25) is 0 Å². The van der Waals surface area contributed by atoms with Crippen LogP contribution in [-0.4, -0.2) is 9.79 Å². The first-order chi connectivity index (χ1) is 5.22. The fraction of sp³-hybridized carbons (Fsp3) is 0.250. The minimum Gasteiger partial charge on any atom is -0.347 e. The van der Waals surface area contributed by atoms with Crippen molar-refractivity contribution in [3.63, 3.8) is 0 Å². The summed E-state index contributed by atoms with van der Waals surface area (Å²) in [5.74, 6) is 0. The van der Waals surface area contributed by atoms with Crippen LogP contribution in [0.3, 0.4) is 0 Å². The van der Waals surface area contributed by atoms with Crippen LogP contribution in [0.4, 0.5) is 0 Å². The molecule has 0 fully saturated rings. The summed E-state index contributed by atoms with van der Waals surface area (Å²) in [4.78, 5) is 17.7. The molecule has 0 saturated carbocycles. The minimum absolute atomic E-state index is 0.572. The van der Waals surface area contributed by atoms with E-state index in [2.05, 4.69) is 6.58 Å². The average molecular weight is 172 g/mol. The quantitative estimate of drug-likeness (QED) is 0.504. The Hall–Kier alpha value is -0.430. The van der Waals surface area contributed by atoms with Gasteiger partial charge >= 0.3 is 0 Å². The lowest BCUT2D eigenvalue weighted by Gasteiger charge is -2.01. The third-order valence-electron chi connectivity index (χ3n) is 1.05. The summed E-state index contributed by atoms with van der Waals surface area (Å²) in [6.07, 6.45) is 7.52. The van der Waals surface area contributed by atoms with Crippen molar-refractivity contribution in [3.05, 3.63) is 36.2 Å². The fourth-order valence-electron chi connectivity index (χ4n) is 0.592. The zero-order valence-electron chi connectivity index (χ0n) is 6.57. The zero-order valence-corrected chi connectivity index (χ0v) is 7.46. The lowest BCUT2D eigenvalue weighted by molar-refractivity contribution is 0.493. The third kappa shape index (κ3) is 4.91. The Morgan fingerprint density at radius 1 is 1.55 bits per heavy atom. The second kappa shape index (κ2) is 6.29. The van der Waals surface area contributed by atoms with Gasteiger partial charge in [0.1, 0.15) is 0 Å². The van der Waals surface area contributed by atoms with Crippen molar-refractivity contribution in [3.8, 4) is 0 Å². The fourth-order valence-corrected chi connectivity index (χ4v) is 1.16. The molecule has 0 aliphatic rings. The molecule has 0 aromatic heterocycles. The molecule has 0 spiro atoms. The Balaban J connectivity index is 4.22. The van der Waals surface area contributed by atoms with E-state index in [0.29, 0.717) is 5.31 Å². The molecule has 2 N–H and O–H groups in total. The zero-order chi connectivity index (χ0) is 8.69. The van der Waals surface area contributed by atoms with Gasteiger partial charge in [0.15, 0.2) is 8.38 Å². The summed E-state index contributed by atoms with van der Waals surface area (Å²) in [6.45, 7) is 5.43. The van der Waals surface area contributed by atoms with E-state index in [0.717, 1.165) is 6.42 Å². The molecule has 0 atom stereocenters. The van der Waals surface area contributed by atoms with Gasteiger partial charge in [-0.3, -0.25) is 0 Å². The highest BCUT2D eigenvalue weighted by Crippen LogP contribution is 2.36. The highest BCUT2D eigenvalue weighted by Gasteiger charge is 2.01. The Kier molecular flexibility index (Phi) is 6.05. The van der Waals surface area contributed by atoms with E-state index in [1.807, 2.05) is 6.92 Å². The van der Waals surface area contributed by atoms with E-state index in [9.17, 15) is 0 Å².